The van der Waals surface area contributed by atoms with Gasteiger partial charge in [-0.3, -0.25) is 0 Å². The average Bonchev–Trinajstić information content (AvgIpc) is 3.42. The molecule has 0 spiro atoms. The van der Waals surface area contributed by atoms with Crippen molar-refractivity contribution in [3.8, 4) is 0 Å². The van der Waals surface area contributed by atoms with Crippen molar-refractivity contribution in [2.45, 2.75) is 24.3 Å². The molecule has 2 unspecified atom stereocenters. The molecular formula is C19H25N7O2S. The Kier molecular flexibility index (Phi) is 5.13. The maximum absolute atomic E-state index is 11.9. The van der Waals surface area contributed by atoms with Gasteiger partial charge in [0.05, 0.1) is 5.39 Å². The van der Waals surface area contributed by atoms with Crippen LogP contribution in [0.4, 0.5) is 11.6 Å². The van der Waals surface area contributed by atoms with Crippen LogP contribution < -0.4 is 14.5 Å². The lowest BCUT2D eigenvalue weighted by atomic mass is 9.99. The van der Waals surface area contributed by atoms with Gasteiger partial charge in [-0.15, -0.1) is 0 Å². The van der Waals surface area contributed by atoms with Crippen LogP contribution in [-0.4, -0.2) is 61.6 Å². The summed E-state index contributed by atoms with van der Waals surface area (Å²) in [4.78, 5) is 20.9. The van der Waals surface area contributed by atoms with Crippen molar-refractivity contribution in [2.24, 2.45) is 5.92 Å². The molecule has 10 heteroatoms. The fourth-order valence-corrected chi connectivity index (χ4v) is 4.54. The highest BCUT2D eigenvalue weighted by Gasteiger charge is 2.31. The van der Waals surface area contributed by atoms with Crippen molar-refractivity contribution in [3.63, 3.8) is 0 Å². The number of aromatic amines is 1. The first kappa shape index (κ1) is 19.6. The van der Waals surface area contributed by atoms with E-state index in [0.29, 0.717) is 5.92 Å². The number of hydrogen-bond donors (Lipinski definition) is 2. The van der Waals surface area contributed by atoms with Gasteiger partial charge >= 0.3 is 0 Å². The zero-order chi connectivity index (χ0) is 20.6. The zero-order valence-corrected chi connectivity index (χ0v) is 17.5. The van der Waals surface area contributed by atoms with E-state index in [1.807, 2.05) is 19.3 Å². The molecule has 0 amide bonds. The monoisotopic (exact) mass is 415 g/mol. The van der Waals surface area contributed by atoms with Crippen LogP contribution in [0.2, 0.25) is 0 Å². The maximum atomic E-state index is 11.9. The first-order chi connectivity index (χ1) is 13.9. The van der Waals surface area contributed by atoms with Gasteiger partial charge in [0.1, 0.15) is 28.5 Å². The number of hydrogen-bond acceptors (Lipinski definition) is 7. The average molecular weight is 416 g/mol. The van der Waals surface area contributed by atoms with Gasteiger partial charge in [-0.25, -0.2) is 28.1 Å². The predicted octanol–water partition coefficient (Wildman–Crippen LogP) is 1.61. The lowest BCUT2D eigenvalue weighted by molar-refractivity contribution is 0.467. The third kappa shape index (κ3) is 3.65. The van der Waals surface area contributed by atoms with E-state index in [4.69, 9.17) is 0 Å². The highest BCUT2D eigenvalue weighted by atomic mass is 32.2. The molecule has 1 fully saturated rings. The number of sulfonamides is 1. The van der Waals surface area contributed by atoms with Gasteiger partial charge in [-0.1, -0.05) is 0 Å². The van der Waals surface area contributed by atoms with Crippen molar-refractivity contribution in [2.75, 3.05) is 37.0 Å². The van der Waals surface area contributed by atoms with Crippen LogP contribution in [0.25, 0.3) is 11.0 Å². The van der Waals surface area contributed by atoms with Crippen molar-refractivity contribution in [1.29, 1.82) is 0 Å². The summed E-state index contributed by atoms with van der Waals surface area (Å²) in [7, 11) is -0.0919. The van der Waals surface area contributed by atoms with Gasteiger partial charge in [0.15, 0.2) is 0 Å². The maximum Gasteiger partial charge on any atom is 0.241 e. The van der Waals surface area contributed by atoms with E-state index in [2.05, 4.69) is 41.4 Å². The van der Waals surface area contributed by atoms with Gasteiger partial charge in [0.25, 0.3) is 0 Å². The van der Waals surface area contributed by atoms with Crippen LogP contribution in [0.15, 0.2) is 41.8 Å². The minimum Gasteiger partial charge on any atom is -0.357 e. The molecule has 1 aliphatic rings. The molecule has 4 rings (SSSR count). The van der Waals surface area contributed by atoms with Crippen LogP contribution in [0, 0.1) is 5.92 Å². The molecule has 4 heterocycles. The van der Waals surface area contributed by atoms with Gasteiger partial charge < -0.3 is 14.8 Å². The van der Waals surface area contributed by atoms with Gasteiger partial charge in [0, 0.05) is 38.6 Å². The van der Waals surface area contributed by atoms with Crippen LogP contribution >= 0.6 is 0 Å². The normalized spacial score (nSPS) is 18.3. The predicted molar refractivity (Wildman–Crippen MR) is 113 cm³/mol. The molecule has 1 saturated heterocycles. The number of fused-ring (bicyclic) bond motifs is 1. The smallest absolute Gasteiger partial charge is 0.241 e. The molecule has 0 aromatic carbocycles. The fraction of sp³-hybridized carbons (Fsp3) is 0.421. The largest absolute Gasteiger partial charge is 0.357 e. The van der Waals surface area contributed by atoms with E-state index in [1.165, 1.54) is 13.2 Å². The molecule has 3 aromatic rings. The lowest BCUT2D eigenvalue weighted by Gasteiger charge is -2.31. The molecular weight excluding hydrogens is 390 g/mol. The van der Waals surface area contributed by atoms with Gasteiger partial charge in [-0.2, -0.15) is 0 Å². The standard InChI is InChI=1S/C19H25N7O2S/c1-13(25(3)17-5-4-15(10-22-17)29(27,28)20-2)14-7-9-26(11-14)19-16-6-8-21-18(16)23-12-24-19/h4-6,8,10,12-14,20H,7,9,11H2,1-3H3,(H,21,23,24). The Labute approximate surface area is 170 Å². The van der Waals surface area contributed by atoms with Gasteiger partial charge in [-0.05, 0) is 44.5 Å². The van der Waals surface area contributed by atoms with E-state index in [-0.39, 0.29) is 10.9 Å². The summed E-state index contributed by atoms with van der Waals surface area (Å²) >= 11 is 0. The Balaban J connectivity index is 1.47. The molecule has 3 aromatic heterocycles. The minimum atomic E-state index is -3.48. The second kappa shape index (κ2) is 7.60. The summed E-state index contributed by atoms with van der Waals surface area (Å²) in [5, 5.41) is 1.04. The third-order valence-corrected chi connectivity index (χ3v) is 7.21. The van der Waals surface area contributed by atoms with Crippen molar-refractivity contribution >= 4 is 32.7 Å². The topological polar surface area (TPSA) is 107 Å². The Bertz CT molecular complexity index is 1100. The molecule has 0 saturated carbocycles. The van der Waals surface area contributed by atoms with E-state index >= 15 is 0 Å². The van der Waals surface area contributed by atoms with E-state index in [1.54, 1.807) is 18.5 Å². The third-order valence-electron chi connectivity index (χ3n) is 5.81. The molecule has 0 aliphatic carbocycles. The summed E-state index contributed by atoms with van der Waals surface area (Å²) in [6.45, 7) is 4.02. The molecule has 1 aliphatic heterocycles. The molecule has 0 bridgehead atoms. The number of rotatable bonds is 6. The van der Waals surface area contributed by atoms with Crippen molar-refractivity contribution < 1.29 is 8.42 Å². The van der Waals surface area contributed by atoms with Crippen LogP contribution in [0.3, 0.4) is 0 Å². The fourth-order valence-electron chi connectivity index (χ4n) is 3.87. The number of pyridine rings is 1. The molecule has 154 valence electrons. The van der Waals surface area contributed by atoms with E-state index in [0.717, 1.165) is 42.2 Å². The molecule has 0 radical (unpaired) electrons. The molecule has 9 nitrogen and oxygen atoms in total. The molecule has 2 N–H and O–H groups in total. The Morgan fingerprint density at radius 1 is 1.28 bits per heavy atom. The Morgan fingerprint density at radius 2 is 2.10 bits per heavy atom. The van der Waals surface area contributed by atoms with Crippen LogP contribution in [0.5, 0.6) is 0 Å². The zero-order valence-electron chi connectivity index (χ0n) is 16.7. The summed E-state index contributed by atoms with van der Waals surface area (Å²) in [5.41, 5.74) is 0.851. The number of anilines is 2. The quantitative estimate of drug-likeness (QED) is 0.630. The second-order valence-corrected chi connectivity index (χ2v) is 9.23. The minimum absolute atomic E-state index is 0.163. The number of H-pyrrole nitrogens is 1. The Morgan fingerprint density at radius 3 is 2.83 bits per heavy atom. The first-order valence-corrected chi connectivity index (χ1v) is 11.0. The summed E-state index contributed by atoms with van der Waals surface area (Å²) in [6.07, 6.45) is 5.93. The van der Waals surface area contributed by atoms with Crippen molar-refractivity contribution in [1.82, 2.24) is 24.7 Å². The summed E-state index contributed by atoms with van der Waals surface area (Å²) in [6, 6.07) is 5.59. The number of nitrogens with one attached hydrogen (secondary N) is 2. The van der Waals surface area contributed by atoms with Gasteiger partial charge in [0.2, 0.25) is 10.0 Å². The number of aromatic nitrogens is 4. The summed E-state index contributed by atoms with van der Waals surface area (Å²) < 4.78 is 26.1. The second-order valence-electron chi connectivity index (χ2n) is 7.34. The Hall–Kier alpha value is -2.72. The SMILES string of the molecule is CNS(=O)(=O)c1ccc(N(C)C(C)C2CCN(c3ncnc4[nH]ccc34)C2)nc1. The molecule has 29 heavy (non-hydrogen) atoms. The van der Waals surface area contributed by atoms with Crippen molar-refractivity contribution in [3.05, 3.63) is 36.9 Å². The highest BCUT2D eigenvalue weighted by Crippen LogP contribution is 2.31. The van der Waals surface area contributed by atoms with Crippen LogP contribution in [0.1, 0.15) is 13.3 Å². The van der Waals surface area contributed by atoms with Crippen LogP contribution in [-0.2, 0) is 10.0 Å². The highest BCUT2D eigenvalue weighted by molar-refractivity contribution is 7.89. The van der Waals surface area contributed by atoms with E-state index < -0.39 is 10.0 Å². The van der Waals surface area contributed by atoms with E-state index in [9.17, 15) is 8.42 Å². The summed E-state index contributed by atoms with van der Waals surface area (Å²) in [5.74, 6) is 2.15. The first-order valence-electron chi connectivity index (χ1n) is 9.56. The number of nitrogens with zero attached hydrogens (tertiary/aromatic N) is 5. The lowest BCUT2D eigenvalue weighted by Crippen LogP contribution is -2.37. The molecule has 2 atom stereocenters.